The molecule has 0 atom stereocenters. The molecule has 0 aliphatic heterocycles. The predicted molar refractivity (Wildman–Crippen MR) is 121 cm³/mol. The maximum atomic E-state index is 12.7. The Kier molecular flexibility index (Phi) is 7.68. The number of thiazole rings is 1. The number of aromatic nitrogens is 1. The summed E-state index contributed by atoms with van der Waals surface area (Å²) in [5, 5.41) is 14.6. The van der Waals surface area contributed by atoms with Crippen LogP contribution in [0.2, 0.25) is 0 Å². The number of nitrogens with one attached hydrogen (secondary N) is 1. The largest absolute Gasteiger partial charge is 0.452 e. The van der Waals surface area contributed by atoms with Gasteiger partial charge in [-0.3, -0.25) is 19.8 Å². The van der Waals surface area contributed by atoms with Gasteiger partial charge in [-0.15, -0.1) is 0 Å². The molecule has 11 heteroatoms. The number of nitro benzene ring substituents is 1. The van der Waals surface area contributed by atoms with Gasteiger partial charge in [-0.05, 0) is 25.1 Å². The number of nitro groups is 1. The second-order valence-corrected chi connectivity index (χ2v) is 7.59. The van der Waals surface area contributed by atoms with Crippen molar-refractivity contribution in [3.8, 4) is 0 Å². The van der Waals surface area contributed by atoms with Gasteiger partial charge < -0.3 is 14.8 Å². The van der Waals surface area contributed by atoms with E-state index in [2.05, 4.69) is 10.3 Å². The summed E-state index contributed by atoms with van der Waals surface area (Å²) < 4.78 is 11.1. The molecular weight excluding hydrogens is 436 g/mol. The van der Waals surface area contributed by atoms with Crippen LogP contribution in [0.5, 0.6) is 0 Å². The van der Waals surface area contributed by atoms with E-state index < -0.39 is 23.4 Å². The number of fused-ring (bicyclic) bond motifs is 1. The van der Waals surface area contributed by atoms with Crippen LogP contribution in [-0.2, 0) is 14.3 Å². The zero-order chi connectivity index (χ0) is 23.1. The van der Waals surface area contributed by atoms with Crippen molar-refractivity contribution in [3.05, 3.63) is 58.1 Å². The van der Waals surface area contributed by atoms with E-state index in [9.17, 15) is 19.7 Å². The summed E-state index contributed by atoms with van der Waals surface area (Å²) in [5.74, 6) is -1.29. The topological polar surface area (TPSA) is 124 Å². The zero-order valence-electron chi connectivity index (χ0n) is 17.6. The van der Waals surface area contributed by atoms with Gasteiger partial charge in [-0.2, -0.15) is 0 Å². The first kappa shape index (κ1) is 23.1. The molecule has 0 unspecified atom stereocenters. The molecule has 2 aromatic carbocycles. The van der Waals surface area contributed by atoms with E-state index in [0.717, 1.165) is 16.3 Å². The molecule has 0 aliphatic rings. The van der Waals surface area contributed by atoms with E-state index in [1.165, 1.54) is 35.5 Å². The Morgan fingerprint density at radius 3 is 2.72 bits per heavy atom. The molecule has 3 rings (SSSR count). The first-order chi connectivity index (χ1) is 15.4. The molecular formula is C21H22N4O6S. The molecule has 0 spiro atoms. The second kappa shape index (κ2) is 10.6. The van der Waals surface area contributed by atoms with Crippen LogP contribution in [-0.4, -0.2) is 55.2 Å². The second-order valence-electron chi connectivity index (χ2n) is 6.58. The van der Waals surface area contributed by atoms with Gasteiger partial charge in [0.15, 0.2) is 11.7 Å². The average molecular weight is 458 g/mol. The number of hydrogen-bond acceptors (Lipinski definition) is 9. The molecule has 0 fully saturated rings. The van der Waals surface area contributed by atoms with Crippen LogP contribution in [0.25, 0.3) is 10.2 Å². The lowest BCUT2D eigenvalue weighted by molar-refractivity contribution is -0.384. The molecule has 0 bridgehead atoms. The quantitative estimate of drug-likeness (QED) is 0.212. The van der Waals surface area contributed by atoms with Crippen LogP contribution in [0.4, 0.5) is 16.5 Å². The lowest BCUT2D eigenvalue weighted by atomic mass is 10.1. The highest BCUT2D eigenvalue weighted by atomic mass is 32.1. The monoisotopic (exact) mass is 458 g/mol. The molecule has 3 aromatic rings. The third-order valence-corrected chi connectivity index (χ3v) is 5.57. The smallest absolute Gasteiger partial charge is 0.341 e. The van der Waals surface area contributed by atoms with Crippen LogP contribution in [0.15, 0.2) is 42.5 Å². The number of likely N-dealkylation sites (N-methyl/N-ethyl adjacent to an activating group) is 1. The van der Waals surface area contributed by atoms with Crippen molar-refractivity contribution < 1.29 is 24.0 Å². The maximum Gasteiger partial charge on any atom is 0.341 e. The van der Waals surface area contributed by atoms with Crippen molar-refractivity contribution in [1.82, 2.24) is 4.98 Å². The minimum atomic E-state index is -0.845. The van der Waals surface area contributed by atoms with E-state index in [1.54, 1.807) is 6.92 Å². The standard InChI is InChI=1S/C21H22N4O6S/c1-3-24(21-23-17-6-4-5-7-18(17)32-21)19(26)13-31-20(27)15-12-14(25(28)29)8-9-16(15)22-10-11-30-2/h4-9,12,22H,3,10-11,13H2,1-2H3. The Balaban J connectivity index is 1.73. The summed E-state index contributed by atoms with van der Waals surface area (Å²) >= 11 is 1.36. The fourth-order valence-corrected chi connectivity index (χ4v) is 3.98. The molecule has 1 heterocycles. The summed E-state index contributed by atoms with van der Waals surface area (Å²) in [5.41, 5.74) is 0.833. The van der Waals surface area contributed by atoms with Crippen molar-refractivity contribution in [2.24, 2.45) is 0 Å². The van der Waals surface area contributed by atoms with Crippen LogP contribution < -0.4 is 10.2 Å². The van der Waals surface area contributed by atoms with Gasteiger partial charge in [0.2, 0.25) is 0 Å². The van der Waals surface area contributed by atoms with Crippen molar-refractivity contribution in [1.29, 1.82) is 0 Å². The number of rotatable bonds is 10. The lowest BCUT2D eigenvalue weighted by Gasteiger charge is -2.18. The van der Waals surface area contributed by atoms with Gasteiger partial charge in [0.05, 0.1) is 27.3 Å². The minimum absolute atomic E-state index is 0.0360. The molecule has 10 nitrogen and oxygen atoms in total. The summed E-state index contributed by atoms with van der Waals surface area (Å²) in [7, 11) is 1.53. The van der Waals surface area contributed by atoms with E-state index in [-0.39, 0.29) is 11.3 Å². The predicted octanol–water partition coefficient (Wildman–Crippen LogP) is 3.47. The van der Waals surface area contributed by atoms with E-state index in [4.69, 9.17) is 9.47 Å². The summed E-state index contributed by atoms with van der Waals surface area (Å²) in [4.78, 5) is 41.8. The third-order valence-electron chi connectivity index (χ3n) is 4.51. The third kappa shape index (κ3) is 5.37. The van der Waals surface area contributed by atoms with Gasteiger partial charge in [-0.1, -0.05) is 23.5 Å². The van der Waals surface area contributed by atoms with Crippen molar-refractivity contribution in [3.63, 3.8) is 0 Å². The Labute approximate surface area is 187 Å². The van der Waals surface area contributed by atoms with Crippen molar-refractivity contribution in [2.45, 2.75) is 6.92 Å². The van der Waals surface area contributed by atoms with Crippen LogP contribution in [0.1, 0.15) is 17.3 Å². The van der Waals surface area contributed by atoms with Crippen LogP contribution in [0, 0.1) is 10.1 Å². The molecule has 0 radical (unpaired) electrons. The first-order valence-electron chi connectivity index (χ1n) is 9.79. The number of esters is 1. The number of anilines is 2. The fourth-order valence-electron chi connectivity index (χ4n) is 2.93. The highest BCUT2D eigenvalue weighted by Crippen LogP contribution is 2.29. The molecule has 168 valence electrons. The Morgan fingerprint density at radius 1 is 1.25 bits per heavy atom. The Morgan fingerprint density at radius 2 is 2.03 bits per heavy atom. The molecule has 1 aromatic heterocycles. The van der Waals surface area contributed by atoms with Crippen LogP contribution in [0.3, 0.4) is 0 Å². The number of carbonyl (C=O) groups is 2. The number of para-hydroxylation sites is 1. The fraction of sp³-hybridized carbons (Fsp3) is 0.286. The Hall–Kier alpha value is -3.57. The number of hydrogen-bond donors (Lipinski definition) is 1. The molecule has 0 saturated carbocycles. The molecule has 1 amide bonds. The molecule has 0 saturated heterocycles. The lowest BCUT2D eigenvalue weighted by Crippen LogP contribution is -2.34. The molecule has 1 N–H and O–H groups in total. The van der Waals surface area contributed by atoms with Gasteiger partial charge >= 0.3 is 5.97 Å². The van der Waals surface area contributed by atoms with Gasteiger partial charge in [0.1, 0.15) is 0 Å². The first-order valence-corrected chi connectivity index (χ1v) is 10.6. The van der Waals surface area contributed by atoms with E-state index >= 15 is 0 Å². The normalized spacial score (nSPS) is 10.7. The number of nitrogens with zero attached hydrogens (tertiary/aromatic N) is 3. The molecule has 0 aliphatic carbocycles. The Bertz CT molecular complexity index is 1100. The SMILES string of the molecule is CCN(C(=O)COC(=O)c1cc([N+](=O)[O-])ccc1NCCOC)c1nc2ccccc2s1. The zero-order valence-corrected chi connectivity index (χ0v) is 18.4. The highest BCUT2D eigenvalue weighted by Gasteiger charge is 2.22. The van der Waals surface area contributed by atoms with Crippen molar-refractivity contribution >= 4 is 49.9 Å². The maximum absolute atomic E-state index is 12.7. The van der Waals surface area contributed by atoms with Gasteiger partial charge in [0, 0.05) is 38.0 Å². The summed E-state index contributed by atoms with van der Waals surface area (Å²) in [6.45, 7) is 2.37. The average Bonchev–Trinajstić information content (AvgIpc) is 3.21. The number of amides is 1. The molecule has 32 heavy (non-hydrogen) atoms. The van der Waals surface area contributed by atoms with Gasteiger partial charge in [-0.25, -0.2) is 9.78 Å². The number of non-ortho nitro benzene ring substituents is 1. The number of carbonyl (C=O) groups excluding carboxylic acids is 2. The number of methoxy groups -OCH3 is 1. The minimum Gasteiger partial charge on any atom is -0.452 e. The van der Waals surface area contributed by atoms with Crippen LogP contribution >= 0.6 is 11.3 Å². The highest BCUT2D eigenvalue weighted by molar-refractivity contribution is 7.22. The van der Waals surface area contributed by atoms with Crippen molar-refractivity contribution in [2.75, 3.05) is 43.6 Å². The van der Waals surface area contributed by atoms with Gasteiger partial charge in [0.25, 0.3) is 11.6 Å². The summed E-state index contributed by atoms with van der Waals surface area (Å²) in [6, 6.07) is 11.3. The number of ether oxygens (including phenoxy) is 2. The van der Waals surface area contributed by atoms with E-state index in [0.29, 0.717) is 30.5 Å². The summed E-state index contributed by atoms with van der Waals surface area (Å²) in [6.07, 6.45) is 0. The number of benzene rings is 2. The van der Waals surface area contributed by atoms with E-state index in [1.807, 2.05) is 24.3 Å².